The van der Waals surface area contributed by atoms with Crippen LogP contribution in [-0.2, 0) is 17.7 Å². The van der Waals surface area contributed by atoms with Crippen molar-refractivity contribution in [1.82, 2.24) is 20.8 Å². The number of anilines is 3. The normalized spacial score (nSPS) is 15.0. The van der Waals surface area contributed by atoms with Gasteiger partial charge in [0, 0.05) is 48.1 Å². The monoisotopic (exact) mass is 506 g/mol. The van der Waals surface area contributed by atoms with Crippen molar-refractivity contribution in [2.24, 2.45) is 0 Å². The van der Waals surface area contributed by atoms with Crippen molar-refractivity contribution in [1.29, 1.82) is 0 Å². The standard InChI is InChI=1S/C27H31FN6O3/c1-17-15-34(16-18(2)31-17)25-8-7-22(12-24(25)28)32-27-29-13-20(14-30-27)6-5-19-9-21(26(35)33-37-4)11-23(10-19)36-3/h7-15,18,31H,5-6,16H2,1-4H3,(H,33,35)(H,29,30,32)/t18-/m0/s1. The number of hydrogen-bond donors (Lipinski definition) is 3. The summed E-state index contributed by atoms with van der Waals surface area (Å²) in [4.78, 5) is 27.5. The Morgan fingerprint density at radius 3 is 2.57 bits per heavy atom. The van der Waals surface area contributed by atoms with Crippen LogP contribution >= 0.6 is 0 Å². The van der Waals surface area contributed by atoms with Crippen LogP contribution in [0.25, 0.3) is 0 Å². The number of amides is 1. The first-order valence-corrected chi connectivity index (χ1v) is 11.9. The zero-order chi connectivity index (χ0) is 26.4. The first kappa shape index (κ1) is 25.9. The molecule has 9 nitrogen and oxygen atoms in total. The summed E-state index contributed by atoms with van der Waals surface area (Å²) in [5, 5.41) is 6.38. The molecule has 0 fully saturated rings. The molecule has 4 rings (SSSR count). The van der Waals surface area contributed by atoms with Gasteiger partial charge in [0.15, 0.2) is 0 Å². The van der Waals surface area contributed by atoms with E-state index in [4.69, 9.17) is 9.57 Å². The van der Waals surface area contributed by atoms with Crippen molar-refractivity contribution >= 4 is 23.2 Å². The van der Waals surface area contributed by atoms with Crippen molar-refractivity contribution in [3.8, 4) is 5.75 Å². The number of carbonyl (C=O) groups is 1. The highest BCUT2D eigenvalue weighted by atomic mass is 19.1. The smallest absolute Gasteiger partial charge is 0.274 e. The van der Waals surface area contributed by atoms with Gasteiger partial charge in [0.05, 0.1) is 19.9 Å². The van der Waals surface area contributed by atoms with Crippen LogP contribution < -0.4 is 25.8 Å². The summed E-state index contributed by atoms with van der Waals surface area (Å²) >= 11 is 0. The van der Waals surface area contributed by atoms with Crippen LogP contribution in [0.1, 0.15) is 35.3 Å². The largest absolute Gasteiger partial charge is 0.497 e. The number of halogens is 1. The molecule has 3 aromatic rings. The molecule has 0 unspecified atom stereocenters. The van der Waals surface area contributed by atoms with Crippen LogP contribution in [0.5, 0.6) is 5.75 Å². The maximum absolute atomic E-state index is 14.9. The number of hydrogen-bond acceptors (Lipinski definition) is 8. The van der Waals surface area contributed by atoms with Gasteiger partial charge < -0.3 is 20.3 Å². The number of allylic oxidation sites excluding steroid dienone is 1. The molecule has 1 atom stereocenters. The second-order valence-corrected chi connectivity index (χ2v) is 8.92. The maximum Gasteiger partial charge on any atom is 0.274 e. The fourth-order valence-corrected chi connectivity index (χ4v) is 4.21. The van der Waals surface area contributed by atoms with Gasteiger partial charge >= 0.3 is 0 Å². The SMILES string of the molecule is CONC(=O)c1cc(CCc2cnc(Nc3ccc(N4C=C(C)N[C@@H](C)C4)c(F)c3)nc2)cc(OC)c1. The number of hydroxylamine groups is 1. The number of nitrogens with one attached hydrogen (secondary N) is 3. The van der Waals surface area contributed by atoms with Crippen LogP contribution in [0, 0.1) is 5.82 Å². The lowest BCUT2D eigenvalue weighted by molar-refractivity contribution is 0.0537. The van der Waals surface area contributed by atoms with Crippen LogP contribution in [0.4, 0.5) is 21.7 Å². The lowest BCUT2D eigenvalue weighted by Crippen LogP contribution is -2.41. The van der Waals surface area contributed by atoms with Gasteiger partial charge in [-0.3, -0.25) is 9.63 Å². The van der Waals surface area contributed by atoms with Gasteiger partial charge in [-0.15, -0.1) is 0 Å². The summed E-state index contributed by atoms with van der Waals surface area (Å²) in [6, 6.07) is 10.6. The number of methoxy groups -OCH3 is 1. The molecule has 1 aliphatic rings. The minimum atomic E-state index is -0.347. The summed E-state index contributed by atoms with van der Waals surface area (Å²) in [7, 11) is 2.94. The second kappa shape index (κ2) is 11.7. The third kappa shape index (κ3) is 6.73. The fourth-order valence-electron chi connectivity index (χ4n) is 4.21. The number of carbonyl (C=O) groups excluding carboxylic acids is 1. The predicted molar refractivity (Wildman–Crippen MR) is 140 cm³/mol. The highest BCUT2D eigenvalue weighted by Gasteiger charge is 2.18. The molecule has 1 amide bonds. The van der Waals surface area contributed by atoms with Crippen molar-refractivity contribution < 1.29 is 18.8 Å². The molecule has 10 heteroatoms. The van der Waals surface area contributed by atoms with Crippen molar-refractivity contribution in [2.75, 3.05) is 31.0 Å². The van der Waals surface area contributed by atoms with Gasteiger partial charge in [0.2, 0.25) is 5.95 Å². The predicted octanol–water partition coefficient (Wildman–Crippen LogP) is 4.10. The summed E-state index contributed by atoms with van der Waals surface area (Å²) in [6.45, 7) is 4.71. The third-order valence-corrected chi connectivity index (χ3v) is 5.87. The van der Waals surface area contributed by atoms with E-state index in [1.165, 1.54) is 13.2 Å². The quantitative estimate of drug-likeness (QED) is 0.373. The van der Waals surface area contributed by atoms with E-state index in [9.17, 15) is 9.18 Å². The number of ether oxygens (including phenoxy) is 1. The Labute approximate surface area is 215 Å². The molecule has 1 aliphatic heterocycles. The van der Waals surface area contributed by atoms with Gasteiger partial charge in [0.1, 0.15) is 11.6 Å². The molecule has 0 saturated heterocycles. The zero-order valence-electron chi connectivity index (χ0n) is 21.3. The average Bonchev–Trinajstić information content (AvgIpc) is 2.87. The number of nitrogens with zero attached hydrogens (tertiary/aromatic N) is 3. The third-order valence-electron chi connectivity index (χ3n) is 5.87. The molecule has 0 saturated carbocycles. The minimum Gasteiger partial charge on any atom is -0.497 e. The van der Waals surface area contributed by atoms with Crippen molar-refractivity contribution in [3.63, 3.8) is 0 Å². The van der Waals surface area contributed by atoms with Crippen LogP contribution in [0.3, 0.4) is 0 Å². The highest BCUT2D eigenvalue weighted by molar-refractivity contribution is 5.94. The van der Waals surface area contributed by atoms with Gasteiger partial charge in [-0.1, -0.05) is 0 Å². The van der Waals surface area contributed by atoms with E-state index in [2.05, 4.69) is 33.0 Å². The first-order chi connectivity index (χ1) is 17.8. The Morgan fingerprint density at radius 1 is 1.14 bits per heavy atom. The van der Waals surface area contributed by atoms with E-state index in [1.54, 1.807) is 37.7 Å². The minimum absolute atomic E-state index is 0.232. The number of benzene rings is 2. The summed E-state index contributed by atoms with van der Waals surface area (Å²) in [5.41, 5.74) is 6.70. The number of aromatic nitrogens is 2. The topological polar surface area (TPSA) is 101 Å². The summed E-state index contributed by atoms with van der Waals surface area (Å²) in [5.74, 6) is 0.296. The zero-order valence-corrected chi connectivity index (χ0v) is 21.3. The first-order valence-electron chi connectivity index (χ1n) is 11.9. The van der Waals surface area contributed by atoms with Crippen LogP contribution in [0.2, 0.25) is 0 Å². The highest BCUT2D eigenvalue weighted by Crippen LogP contribution is 2.26. The molecule has 0 bridgehead atoms. The van der Waals surface area contributed by atoms with E-state index in [0.717, 1.165) is 16.8 Å². The molecule has 194 valence electrons. The molecule has 3 N–H and O–H groups in total. The Bertz CT molecular complexity index is 1280. The lowest BCUT2D eigenvalue weighted by atomic mass is 10.0. The molecule has 0 spiro atoms. The molecule has 2 aromatic carbocycles. The van der Waals surface area contributed by atoms with Gasteiger partial charge in [0.25, 0.3) is 5.91 Å². The molecule has 1 aromatic heterocycles. The van der Waals surface area contributed by atoms with Gasteiger partial charge in [-0.05, 0) is 74.2 Å². The molecule has 2 heterocycles. The Kier molecular flexibility index (Phi) is 8.19. The maximum atomic E-state index is 14.9. The molecular formula is C27H31FN6O3. The Balaban J connectivity index is 1.38. The van der Waals surface area contributed by atoms with E-state index < -0.39 is 0 Å². The molecule has 0 aliphatic carbocycles. The fraction of sp³-hybridized carbons (Fsp3) is 0.296. The van der Waals surface area contributed by atoms with Gasteiger partial charge in [-0.25, -0.2) is 19.8 Å². The Morgan fingerprint density at radius 2 is 1.89 bits per heavy atom. The molecule has 37 heavy (non-hydrogen) atoms. The number of aryl methyl sites for hydroxylation is 2. The van der Waals surface area contributed by atoms with E-state index in [0.29, 0.717) is 48.0 Å². The summed E-state index contributed by atoms with van der Waals surface area (Å²) < 4.78 is 20.2. The van der Waals surface area contributed by atoms with Gasteiger partial charge in [-0.2, -0.15) is 0 Å². The number of rotatable bonds is 9. The van der Waals surface area contributed by atoms with E-state index in [1.807, 2.05) is 30.2 Å². The van der Waals surface area contributed by atoms with Crippen LogP contribution in [-0.4, -0.2) is 42.7 Å². The van der Waals surface area contributed by atoms with Crippen LogP contribution in [0.15, 0.2) is 60.7 Å². The Hall–Kier alpha value is -4.18. The van der Waals surface area contributed by atoms with E-state index >= 15 is 0 Å². The molecule has 0 radical (unpaired) electrons. The summed E-state index contributed by atoms with van der Waals surface area (Å²) in [6.07, 6.45) is 6.70. The lowest BCUT2D eigenvalue weighted by Gasteiger charge is -2.31. The van der Waals surface area contributed by atoms with Crippen molar-refractivity contribution in [2.45, 2.75) is 32.7 Å². The average molecular weight is 507 g/mol. The van der Waals surface area contributed by atoms with E-state index in [-0.39, 0.29) is 17.8 Å². The van der Waals surface area contributed by atoms with Crippen molar-refractivity contribution in [3.05, 3.63) is 83.2 Å². The molecular weight excluding hydrogens is 475 g/mol. The second-order valence-electron chi connectivity index (χ2n) is 8.92.